The van der Waals surface area contributed by atoms with Crippen LogP contribution >= 0.6 is 0 Å². The number of rotatable bonds is 5. The number of hydrogen-bond acceptors (Lipinski definition) is 3. The summed E-state index contributed by atoms with van der Waals surface area (Å²) in [6.07, 6.45) is 2.07. The number of benzene rings is 1. The zero-order chi connectivity index (χ0) is 18.9. The first kappa shape index (κ1) is 18.4. The molecule has 140 valence electrons. The van der Waals surface area contributed by atoms with Gasteiger partial charge in [-0.3, -0.25) is 0 Å². The molecule has 1 heterocycles. The first-order valence-corrected chi connectivity index (χ1v) is 8.32. The van der Waals surface area contributed by atoms with Crippen LogP contribution in [-0.2, 0) is 0 Å². The summed E-state index contributed by atoms with van der Waals surface area (Å²) >= 11 is 0. The van der Waals surface area contributed by atoms with Crippen LogP contribution in [0.4, 0.5) is 17.6 Å². The average Bonchev–Trinajstić information content (AvgIpc) is 3.05. The van der Waals surface area contributed by atoms with Crippen LogP contribution in [0.5, 0.6) is 5.75 Å². The number of halogens is 4. The normalized spacial score (nSPS) is 18.5. The van der Waals surface area contributed by atoms with Crippen LogP contribution in [0.25, 0.3) is 11.3 Å². The predicted molar refractivity (Wildman–Crippen MR) is 88.5 cm³/mol. The Morgan fingerprint density at radius 3 is 2.42 bits per heavy atom. The highest BCUT2D eigenvalue weighted by molar-refractivity contribution is 5.60. The molecule has 8 heteroatoms. The summed E-state index contributed by atoms with van der Waals surface area (Å²) in [5.74, 6) is -3.35. The lowest BCUT2D eigenvalue weighted by atomic mass is 9.91. The minimum Gasteiger partial charge on any atom is -0.428 e. The molecule has 1 aromatic carbocycles. The van der Waals surface area contributed by atoms with Crippen LogP contribution in [0.2, 0.25) is 0 Å². The third-order valence-electron chi connectivity index (χ3n) is 4.31. The van der Waals surface area contributed by atoms with Gasteiger partial charge in [-0.2, -0.15) is 17.6 Å². The number of aromatic nitrogens is 3. The van der Waals surface area contributed by atoms with Crippen LogP contribution < -0.4 is 4.74 Å². The summed E-state index contributed by atoms with van der Waals surface area (Å²) in [6, 6.07) is 5.29. The van der Waals surface area contributed by atoms with Gasteiger partial charge < -0.3 is 4.74 Å². The highest BCUT2D eigenvalue weighted by atomic mass is 19.3. The van der Waals surface area contributed by atoms with Gasteiger partial charge in [0.25, 0.3) is 0 Å². The summed E-state index contributed by atoms with van der Waals surface area (Å²) in [5, 5.41) is 4.40. The van der Waals surface area contributed by atoms with Crippen LogP contribution in [0, 0.1) is 5.92 Å². The maximum absolute atomic E-state index is 13.3. The number of nitrogens with zero attached hydrogens (tertiary/aromatic N) is 3. The molecule has 0 saturated carbocycles. The van der Waals surface area contributed by atoms with Crippen molar-refractivity contribution in [3.63, 3.8) is 0 Å². The molecule has 0 amide bonds. The molecule has 1 atom stereocenters. The van der Waals surface area contributed by atoms with Gasteiger partial charge in [0, 0.05) is 6.92 Å². The molecule has 0 saturated heterocycles. The molecular formula is C18H19F4N3O. The molecule has 3 rings (SSSR count). The summed E-state index contributed by atoms with van der Waals surface area (Å²) in [7, 11) is 0. The highest BCUT2D eigenvalue weighted by Crippen LogP contribution is 2.36. The van der Waals surface area contributed by atoms with Gasteiger partial charge in [-0.25, -0.2) is 9.67 Å². The van der Waals surface area contributed by atoms with Gasteiger partial charge >= 0.3 is 12.0 Å². The van der Waals surface area contributed by atoms with E-state index >= 15 is 0 Å². The molecule has 26 heavy (non-hydrogen) atoms. The van der Waals surface area contributed by atoms with Crippen LogP contribution in [0.3, 0.4) is 0 Å². The summed E-state index contributed by atoms with van der Waals surface area (Å²) in [6.45, 7) is 2.31. The molecular weight excluding hydrogens is 350 g/mol. The van der Waals surface area contributed by atoms with Crippen molar-refractivity contribution in [3.8, 4) is 11.4 Å². The smallest absolute Gasteiger partial charge is 0.428 e. The Morgan fingerprint density at radius 2 is 1.85 bits per heavy atom. The van der Waals surface area contributed by atoms with Crippen LogP contribution in [-0.4, -0.2) is 26.8 Å². The standard InChI is InChI=1S/C18H19F4N3O/c1-12-3-5-13(6-4-12)16-23-11-25(24-16)14-7-9-15(10-8-14)26-18(21,22)17(2,19)20/h5,7-12H,3-4,6H2,1-2H3. The zero-order valence-electron chi connectivity index (χ0n) is 14.4. The van der Waals surface area contributed by atoms with Crippen LogP contribution in [0.15, 0.2) is 36.7 Å². The molecule has 0 N–H and O–H groups in total. The van der Waals surface area contributed by atoms with Crippen molar-refractivity contribution in [2.75, 3.05) is 0 Å². The SMILES string of the molecule is CC1CC=C(c2ncn(-c3ccc(OC(F)(F)C(C)(F)F)cc3)n2)CC1. The molecule has 0 spiro atoms. The molecule has 1 unspecified atom stereocenters. The largest absolute Gasteiger partial charge is 0.463 e. The average molecular weight is 369 g/mol. The minimum absolute atomic E-state index is 0.110. The molecule has 4 nitrogen and oxygen atoms in total. The summed E-state index contributed by atoms with van der Waals surface area (Å²) in [5.41, 5.74) is 1.65. The lowest BCUT2D eigenvalue weighted by Gasteiger charge is -2.23. The van der Waals surface area contributed by atoms with Crippen molar-refractivity contribution in [2.45, 2.75) is 45.1 Å². The van der Waals surface area contributed by atoms with E-state index in [-0.39, 0.29) is 12.7 Å². The quantitative estimate of drug-likeness (QED) is 0.689. The summed E-state index contributed by atoms with van der Waals surface area (Å²) in [4.78, 5) is 4.29. The van der Waals surface area contributed by atoms with Crippen molar-refractivity contribution in [2.24, 2.45) is 5.92 Å². The fourth-order valence-corrected chi connectivity index (χ4v) is 2.61. The molecule has 0 aliphatic heterocycles. The monoisotopic (exact) mass is 369 g/mol. The Hall–Kier alpha value is -2.38. The van der Waals surface area contributed by atoms with E-state index in [1.165, 1.54) is 35.3 Å². The number of allylic oxidation sites excluding steroid dienone is 2. The predicted octanol–water partition coefficient (Wildman–Crippen LogP) is 5.10. The third kappa shape index (κ3) is 3.89. The summed E-state index contributed by atoms with van der Waals surface area (Å²) < 4.78 is 57.8. The van der Waals surface area contributed by atoms with Gasteiger partial charge in [-0.1, -0.05) is 13.0 Å². The lowest BCUT2D eigenvalue weighted by molar-refractivity contribution is -0.301. The molecule has 0 bridgehead atoms. The van der Waals surface area contributed by atoms with Gasteiger partial charge in [0.1, 0.15) is 12.1 Å². The van der Waals surface area contributed by atoms with E-state index in [0.717, 1.165) is 24.8 Å². The second kappa shape index (κ2) is 6.74. The first-order chi connectivity index (χ1) is 12.2. The fourth-order valence-electron chi connectivity index (χ4n) is 2.61. The molecule has 0 radical (unpaired) electrons. The number of hydrogen-bond donors (Lipinski definition) is 0. The molecule has 1 aliphatic carbocycles. The lowest BCUT2D eigenvalue weighted by Crippen LogP contribution is -2.42. The second-order valence-corrected chi connectivity index (χ2v) is 6.62. The van der Waals surface area contributed by atoms with E-state index in [0.29, 0.717) is 17.4 Å². The zero-order valence-corrected chi connectivity index (χ0v) is 14.4. The maximum Gasteiger partial charge on any atom is 0.463 e. The van der Waals surface area contributed by atoms with Crippen molar-refractivity contribution < 1.29 is 22.3 Å². The van der Waals surface area contributed by atoms with E-state index in [1.54, 1.807) is 0 Å². The topological polar surface area (TPSA) is 39.9 Å². The Labute approximate surface area is 148 Å². The first-order valence-electron chi connectivity index (χ1n) is 8.32. The Morgan fingerprint density at radius 1 is 1.15 bits per heavy atom. The number of ether oxygens (including phenoxy) is 1. The van der Waals surface area contributed by atoms with E-state index in [4.69, 9.17) is 0 Å². The number of alkyl halides is 4. The van der Waals surface area contributed by atoms with E-state index in [1.807, 2.05) is 0 Å². The highest BCUT2D eigenvalue weighted by Gasteiger charge is 2.55. The van der Waals surface area contributed by atoms with Crippen molar-refractivity contribution >= 4 is 5.57 Å². The van der Waals surface area contributed by atoms with Gasteiger partial charge in [-0.15, -0.1) is 5.10 Å². The van der Waals surface area contributed by atoms with Gasteiger partial charge in [0.15, 0.2) is 5.82 Å². The molecule has 1 aliphatic rings. The van der Waals surface area contributed by atoms with E-state index < -0.39 is 12.0 Å². The van der Waals surface area contributed by atoms with Crippen molar-refractivity contribution in [1.82, 2.24) is 14.8 Å². The van der Waals surface area contributed by atoms with Gasteiger partial charge in [0.05, 0.1) is 5.69 Å². The molecule has 0 fully saturated rings. The third-order valence-corrected chi connectivity index (χ3v) is 4.31. The minimum atomic E-state index is -4.58. The van der Waals surface area contributed by atoms with Gasteiger partial charge in [-0.05, 0) is 55.0 Å². The molecule has 1 aromatic heterocycles. The Kier molecular flexibility index (Phi) is 4.77. The maximum atomic E-state index is 13.3. The second-order valence-electron chi connectivity index (χ2n) is 6.62. The Balaban J connectivity index is 1.74. The van der Waals surface area contributed by atoms with E-state index in [2.05, 4.69) is 27.8 Å². The van der Waals surface area contributed by atoms with Crippen LogP contribution in [0.1, 0.15) is 38.9 Å². The van der Waals surface area contributed by atoms with Crippen molar-refractivity contribution in [3.05, 3.63) is 42.5 Å². The van der Waals surface area contributed by atoms with Crippen molar-refractivity contribution in [1.29, 1.82) is 0 Å². The Bertz CT molecular complexity index is 794. The van der Waals surface area contributed by atoms with Gasteiger partial charge in [0.2, 0.25) is 0 Å². The fraction of sp³-hybridized carbons (Fsp3) is 0.444. The van der Waals surface area contributed by atoms with E-state index in [9.17, 15) is 17.6 Å². The molecule has 2 aromatic rings.